The van der Waals surface area contributed by atoms with Crippen molar-refractivity contribution in [1.29, 1.82) is 0 Å². The van der Waals surface area contributed by atoms with Gasteiger partial charge in [-0.2, -0.15) is 4.99 Å². The first-order chi connectivity index (χ1) is 1.91. The molecule has 0 spiro atoms. The quantitative estimate of drug-likeness (QED) is 0.283. The topological polar surface area (TPSA) is 29.4 Å². The van der Waals surface area contributed by atoms with Crippen molar-refractivity contribution in [3.8, 4) is 0 Å². The van der Waals surface area contributed by atoms with E-state index in [9.17, 15) is 0 Å². The molecule has 0 bridgehead atoms. The van der Waals surface area contributed by atoms with E-state index < -0.39 is 0 Å². The van der Waals surface area contributed by atoms with Gasteiger partial charge in [0.25, 0.3) is 0 Å². The van der Waals surface area contributed by atoms with Crippen LogP contribution in [0.3, 0.4) is 0 Å². The fourth-order valence-corrected chi connectivity index (χ4v) is 0. The van der Waals surface area contributed by atoms with Gasteiger partial charge in [0.1, 0.15) is 7.05 Å². The fourth-order valence-electron chi connectivity index (χ4n) is 0. The molecule has 0 aliphatic carbocycles. The third kappa shape index (κ3) is 1.38. The highest BCUT2D eigenvalue weighted by atomic mass is 16.1. The Morgan fingerprint density at radius 2 is 2.25 bits per heavy atom. The van der Waals surface area contributed by atoms with Crippen LogP contribution in [0.2, 0.25) is 0 Å². The van der Waals surface area contributed by atoms with Gasteiger partial charge in [-0.25, -0.2) is 4.79 Å². The summed E-state index contributed by atoms with van der Waals surface area (Å²) in [5, 5.41) is 0. The number of rotatable bonds is 0. The Kier molecular flexibility index (Phi) is 2.01. The summed E-state index contributed by atoms with van der Waals surface area (Å²) in [5.41, 5.74) is 0. The number of hydrogen-bond acceptors (Lipinski definition) is 2. The Hall–Kier alpha value is -0.620. The summed E-state index contributed by atoms with van der Waals surface area (Å²) in [6.07, 6.45) is 1.08. The Labute approximate surface area is 24.2 Å². The van der Waals surface area contributed by atoms with Crippen LogP contribution in [-0.4, -0.2) is 6.08 Å². The molecule has 2 radical (unpaired) electrons. The summed E-state index contributed by atoms with van der Waals surface area (Å²) in [6.45, 7) is 0. The maximum Gasteiger partial charge on any atom is 0.235 e. The first-order valence-corrected chi connectivity index (χ1v) is 0.686. The fraction of sp³-hybridized carbons (Fsp3) is 0. The van der Waals surface area contributed by atoms with Gasteiger partial charge in [-0.15, -0.1) is 0 Å². The normalized spacial score (nSPS) is 4.25. The lowest BCUT2D eigenvalue weighted by Crippen LogP contribution is -1.32. The first kappa shape index (κ1) is 3.38. The SMILES string of the molecule is [CH]N=C=O. The molecule has 0 heterocycles. The van der Waals surface area contributed by atoms with Crippen LogP contribution in [0.15, 0.2) is 4.99 Å². The van der Waals surface area contributed by atoms with Gasteiger partial charge in [0.15, 0.2) is 0 Å². The number of nitrogens with zero attached hydrogens (tertiary/aromatic N) is 1. The number of isocyanates is 1. The monoisotopic (exact) mass is 55.0 g/mol. The maximum absolute atomic E-state index is 8.76. The first-order valence-electron chi connectivity index (χ1n) is 0.686. The number of hydrogen-bond donors (Lipinski definition) is 0. The van der Waals surface area contributed by atoms with Crippen molar-refractivity contribution in [2.24, 2.45) is 4.99 Å². The van der Waals surface area contributed by atoms with Crippen LogP contribution in [0, 0.1) is 7.05 Å². The second kappa shape index (κ2) is 2.38. The van der Waals surface area contributed by atoms with Crippen LogP contribution in [0.1, 0.15) is 0 Å². The molecule has 0 aromatic rings. The van der Waals surface area contributed by atoms with Crippen molar-refractivity contribution in [1.82, 2.24) is 0 Å². The van der Waals surface area contributed by atoms with Crippen LogP contribution >= 0.6 is 0 Å². The molecule has 2 nitrogen and oxygen atoms in total. The highest BCUT2D eigenvalue weighted by Gasteiger charge is 1.31. The molecule has 0 aromatic carbocycles. The van der Waals surface area contributed by atoms with E-state index in [0.29, 0.717) is 0 Å². The molecule has 0 rings (SSSR count). The summed E-state index contributed by atoms with van der Waals surface area (Å²) < 4.78 is 0. The minimum atomic E-state index is 1.08. The van der Waals surface area contributed by atoms with Gasteiger partial charge < -0.3 is 0 Å². The molecule has 0 aromatic heterocycles. The second-order valence-corrected chi connectivity index (χ2v) is 0.220. The average molecular weight is 55.0 g/mol. The molecule has 0 amide bonds. The van der Waals surface area contributed by atoms with Crippen molar-refractivity contribution >= 4 is 6.08 Å². The van der Waals surface area contributed by atoms with Crippen molar-refractivity contribution in [3.63, 3.8) is 0 Å². The molecule has 0 unspecified atom stereocenters. The molecule has 0 saturated carbocycles. The molecular weight excluding hydrogens is 54.0 g/mol. The molecule has 0 aliphatic rings. The molecule has 0 fully saturated rings. The van der Waals surface area contributed by atoms with Crippen molar-refractivity contribution < 1.29 is 4.79 Å². The van der Waals surface area contributed by atoms with E-state index in [1.54, 1.807) is 0 Å². The van der Waals surface area contributed by atoms with Gasteiger partial charge in [0.2, 0.25) is 6.08 Å². The zero-order valence-electron chi connectivity index (χ0n) is 1.93. The largest absolute Gasteiger partial charge is 0.235 e. The van der Waals surface area contributed by atoms with Gasteiger partial charge in [-0.3, -0.25) is 0 Å². The summed E-state index contributed by atoms with van der Waals surface area (Å²) in [7, 11) is 4.23. The molecular formula is C2HNO. The summed E-state index contributed by atoms with van der Waals surface area (Å²) >= 11 is 0. The van der Waals surface area contributed by atoms with Crippen LogP contribution in [0.25, 0.3) is 0 Å². The molecule has 0 saturated heterocycles. The van der Waals surface area contributed by atoms with Crippen molar-refractivity contribution in [3.05, 3.63) is 7.05 Å². The van der Waals surface area contributed by atoms with E-state index in [0.717, 1.165) is 6.08 Å². The molecule has 4 heavy (non-hydrogen) atoms. The minimum Gasteiger partial charge on any atom is -0.211 e. The molecule has 0 N–H and O–H groups in total. The second-order valence-electron chi connectivity index (χ2n) is 0.220. The Balaban J connectivity index is 3.11. The van der Waals surface area contributed by atoms with Gasteiger partial charge in [-0.1, -0.05) is 0 Å². The number of carbonyl (C=O) groups excluding carboxylic acids is 1. The Morgan fingerprint density at radius 1 is 2.00 bits per heavy atom. The molecule has 0 aliphatic heterocycles. The maximum atomic E-state index is 8.76. The van der Waals surface area contributed by atoms with E-state index in [-0.39, 0.29) is 0 Å². The van der Waals surface area contributed by atoms with Gasteiger partial charge >= 0.3 is 0 Å². The molecule has 20 valence electrons. The predicted molar refractivity (Wildman–Crippen MR) is 12.4 cm³/mol. The van der Waals surface area contributed by atoms with Crippen molar-refractivity contribution in [2.75, 3.05) is 0 Å². The van der Waals surface area contributed by atoms with E-state index in [4.69, 9.17) is 4.79 Å². The van der Waals surface area contributed by atoms with Gasteiger partial charge in [-0.05, 0) is 0 Å². The average Bonchev–Trinajstić information content (AvgIpc) is 1.37. The minimum absolute atomic E-state index is 1.08. The Bertz CT molecular complexity index is 44.0. The zero-order chi connectivity index (χ0) is 3.41. The highest BCUT2D eigenvalue weighted by molar-refractivity contribution is 5.32. The third-order valence-corrected chi connectivity index (χ3v) is 0.0527. The summed E-state index contributed by atoms with van der Waals surface area (Å²) in [6, 6.07) is 0. The third-order valence-electron chi connectivity index (χ3n) is 0.0527. The van der Waals surface area contributed by atoms with Gasteiger partial charge in [0, 0.05) is 0 Å². The Morgan fingerprint density at radius 3 is 2.25 bits per heavy atom. The van der Waals surface area contributed by atoms with E-state index in [1.165, 1.54) is 0 Å². The van der Waals surface area contributed by atoms with E-state index >= 15 is 0 Å². The van der Waals surface area contributed by atoms with Crippen LogP contribution in [-0.2, 0) is 4.79 Å². The number of aliphatic imine (C=N–C) groups is 1. The lowest BCUT2D eigenvalue weighted by molar-refractivity contribution is 0.565. The molecule has 2 heteroatoms. The smallest absolute Gasteiger partial charge is 0.211 e. The van der Waals surface area contributed by atoms with Crippen molar-refractivity contribution in [2.45, 2.75) is 0 Å². The lowest BCUT2D eigenvalue weighted by atomic mass is 11.4. The van der Waals surface area contributed by atoms with Gasteiger partial charge in [0.05, 0.1) is 0 Å². The highest BCUT2D eigenvalue weighted by Crippen LogP contribution is 1.36. The standard InChI is InChI=1S/C2HNO/c1-3-2-4/h1H. The predicted octanol–water partition coefficient (Wildman–Crippen LogP) is -0.00921. The van der Waals surface area contributed by atoms with Crippen LogP contribution in [0.5, 0.6) is 0 Å². The van der Waals surface area contributed by atoms with E-state index in [1.807, 2.05) is 0 Å². The van der Waals surface area contributed by atoms with E-state index in [2.05, 4.69) is 12.0 Å². The zero-order valence-corrected chi connectivity index (χ0v) is 1.93. The van der Waals surface area contributed by atoms with Crippen LogP contribution in [0.4, 0.5) is 0 Å². The molecule has 0 atom stereocenters. The van der Waals surface area contributed by atoms with Crippen LogP contribution < -0.4 is 0 Å². The summed E-state index contributed by atoms with van der Waals surface area (Å²) in [4.78, 5) is 11.2. The summed E-state index contributed by atoms with van der Waals surface area (Å²) in [5.74, 6) is 0. The lowest BCUT2D eigenvalue weighted by Gasteiger charge is -1.33.